The monoisotopic (exact) mass is 524 g/mol. The van der Waals surface area contributed by atoms with Crippen molar-refractivity contribution in [2.75, 3.05) is 0 Å². The standard InChI is InChI=1S/C31H24O8/c1-31(2,22-6-11-24(12-7-22)38-26-8-3-19(17-32)28(16-26)29(33)34)21-4-9-23(10-5-21)37-25-13-14-27-20(15-25)18-36-39-30(27)35/h3-17H,18H2,1-2H3,(H,33,34). The molecular weight excluding hydrogens is 500 g/mol. The van der Waals surface area contributed by atoms with E-state index in [9.17, 15) is 19.5 Å². The minimum atomic E-state index is -1.19. The van der Waals surface area contributed by atoms with Crippen molar-refractivity contribution in [1.29, 1.82) is 0 Å². The lowest BCUT2D eigenvalue weighted by Crippen LogP contribution is -2.18. The van der Waals surface area contributed by atoms with E-state index in [0.29, 0.717) is 40.4 Å². The molecule has 1 aliphatic heterocycles. The number of carboxylic acid groups (broad SMARTS) is 1. The Hall–Kier alpha value is -4.95. The Morgan fingerprint density at radius 3 is 1.92 bits per heavy atom. The van der Waals surface area contributed by atoms with E-state index in [1.165, 1.54) is 12.1 Å². The second-order valence-electron chi connectivity index (χ2n) is 9.50. The molecule has 0 aliphatic carbocycles. The number of carboxylic acids is 1. The van der Waals surface area contributed by atoms with Crippen LogP contribution in [0.3, 0.4) is 0 Å². The zero-order valence-electron chi connectivity index (χ0n) is 21.2. The van der Waals surface area contributed by atoms with E-state index in [2.05, 4.69) is 18.7 Å². The van der Waals surface area contributed by atoms with Gasteiger partial charge in [-0.2, -0.15) is 4.89 Å². The summed E-state index contributed by atoms with van der Waals surface area (Å²) in [5.74, 6) is 0.392. The van der Waals surface area contributed by atoms with Crippen molar-refractivity contribution in [1.82, 2.24) is 0 Å². The molecule has 1 heterocycles. The third-order valence-corrected chi connectivity index (χ3v) is 6.65. The first-order chi connectivity index (χ1) is 18.7. The minimum absolute atomic E-state index is 0.0900. The molecule has 0 radical (unpaired) electrons. The maximum atomic E-state index is 11.7. The number of hydrogen-bond donors (Lipinski definition) is 1. The number of benzene rings is 4. The number of aromatic carboxylic acids is 1. The third-order valence-electron chi connectivity index (χ3n) is 6.65. The summed E-state index contributed by atoms with van der Waals surface area (Å²) >= 11 is 0. The number of ether oxygens (including phenoxy) is 2. The summed E-state index contributed by atoms with van der Waals surface area (Å²) in [5, 5.41) is 9.32. The lowest BCUT2D eigenvalue weighted by molar-refractivity contribution is -0.256. The van der Waals surface area contributed by atoms with Crippen molar-refractivity contribution < 1.29 is 38.7 Å². The van der Waals surface area contributed by atoms with Gasteiger partial charge < -0.3 is 14.6 Å². The lowest BCUT2D eigenvalue weighted by Gasteiger charge is -2.26. The number of rotatable bonds is 8. The van der Waals surface area contributed by atoms with Crippen LogP contribution in [-0.4, -0.2) is 23.3 Å². The summed E-state index contributed by atoms with van der Waals surface area (Å²) in [4.78, 5) is 43.6. The molecule has 39 heavy (non-hydrogen) atoms. The van der Waals surface area contributed by atoms with Gasteiger partial charge in [-0.3, -0.25) is 9.68 Å². The highest BCUT2D eigenvalue weighted by Crippen LogP contribution is 2.35. The topological polar surface area (TPSA) is 108 Å². The summed E-state index contributed by atoms with van der Waals surface area (Å²) in [6.45, 7) is 4.39. The van der Waals surface area contributed by atoms with Gasteiger partial charge in [-0.15, -0.1) is 0 Å². The Morgan fingerprint density at radius 1 is 0.821 bits per heavy atom. The van der Waals surface area contributed by atoms with E-state index in [4.69, 9.17) is 14.4 Å². The molecule has 196 valence electrons. The van der Waals surface area contributed by atoms with Crippen molar-refractivity contribution in [2.45, 2.75) is 25.9 Å². The molecule has 0 amide bonds. The molecule has 0 bridgehead atoms. The molecule has 4 aromatic rings. The van der Waals surface area contributed by atoms with Gasteiger partial charge in [-0.05, 0) is 71.8 Å². The van der Waals surface area contributed by atoms with E-state index >= 15 is 0 Å². The predicted octanol–water partition coefficient (Wildman–Crippen LogP) is 6.71. The Bertz CT molecular complexity index is 1550. The largest absolute Gasteiger partial charge is 0.478 e. The third kappa shape index (κ3) is 5.37. The molecule has 0 atom stereocenters. The lowest BCUT2D eigenvalue weighted by atomic mass is 9.78. The first-order valence-corrected chi connectivity index (χ1v) is 12.1. The molecule has 0 fully saturated rings. The number of carbonyl (C=O) groups excluding carboxylic acids is 2. The Labute approximate surface area is 224 Å². The van der Waals surface area contributed by atoms with Crippen molar-refractivity contribution in [2.24, 2.45) is 0 Å². The average Bonchev–Trinajstić information content (AvgIpc) is 2.94. The quantitative estimate of drug-likeness (QED) is 0.200. The van der Waals surface area contributed by atoms with Gasteiger partial charge in [-0.25, -0.2) is 9.59 Å². The Balaban J connectivity index is 1.28. The molecule has 0 saturated carbocycles. The smallest absolute Gasteiger partial charge is 0.373 e. The first-order valence-electron chi connectivity index (χ1n) is 12.1. The Morgan fingerprint density at radius 2 is 1.36 bits per heavy atom. The van der Waals surface area contributed by atoms with E-state index in [1.807, 2.05) is 48.5 Å². The number of carbonyl (C=O) groups is 3. The molecule has 8 heteroatoms. The van der Waals surface area contributed by atoms with E-state index in [-0.39, 0.29) is 23.1 Å². The fourth-order valence-corrected chi connectivity index (χ4v) is 4.35. The highest BCUT2D eigenvalue weighted by molar-refractivity contribution is 5.97. The van der Waals surface area contributed by atoms with Crippen molar-refractivity contribution >= 4 is 18.2 Å². The van der Waals surface area contributed by atoms with Crippen LogP contribution in [0.4, 0.5) is 0 Å². The van der Waals surface area contributed by atoms with Gasteiger partial charge in [0.15, 0.2) is 6.29 Å². The van der Waals surface area contributed by atoms with Crippen LogP contribution in [0.25, 0.3) is 0 Å². The molecule has 8 nitrogen and oxygen atoms in total. The van der Waals surface area contributed by atoms with Crippen LogP contribution in [-0.2, 0) is 21.8 Å². The molecule has 0 saturated heterocycles. The number of hydrogen-bond acceptors (Lipinski definition) is 7. The van der Waals surface area contributed by atoms with Gasteiger partial charge in [0, 0.05) is 16.5 Å². The average molecular weight is 525 g/mol. The zero-order chi connectivity index (χ0) is 27.6. The molecule has 5 rings (SSSR count). The fourth-order valence-electron chi connectivity index (χ4n) is 4.35. The van der Waals surface area contributed by atoms with Crippen LogP contribution in [0.5, 0.6) is 23.0 Å². The molecule has 1 aliphatic rings. The zero-order valence-corrected chi connectivity index (χ0v) is 21.2. The van der Waals surface area contributed by atoms with Crippen LogP contribution >= 0.6 is 0 Å². The SMILES string of the molecule is CC(C)(c1ccc(Oc2ccc3c(c2)COOC3=O)cc1)c1ccc(Oc2ccc(C=O)c(C(=O)O)c2)cc1. The van der Waals surface area contributed by atoms with E-state index < -0.39 is 11.9 Å². The molecular formula is C31H24O8. The van der Waals surface area contributed by atoms with Gasteiger partial charge in [-0.1, -0.05) is 38.1 Å². The van der Waals surface area contributed by atoms with Gasteiger partial charge in [0.05, 0.1) is 11.1 Å². The van der Waals surface area contributed by atoms with Crippen molar-refractivity contribution in [3.63, 3.8) is 0 Å². The van der Waals surface area contributed by atoms with E-state index in [0.717, 1.165) is 11.1 Å². The molecule has 4 aromatic carbocycles. The molecule has 0 aromatic heterocycles. The molecule has 1 N–H and O–H groups in total. The summed E-state index contributed by atoms with van der Waals surface area (Å²) in [7, 11) is 0. The summed E-state index contributed by atoms with van der Waals surface area (Å²) in [5.41, 5.74) is 2.93. The predicted molar refractivity (Wildman–Crippen MR) is 141 cm³/mol. The van der Waals surface area contributed by atoms with Crippen LogP contribution in [0.1, 0.15) is 61.6 Å². The highest BCUT2D eigenvalue weighted by Gasteiger charge is 2.24. The molecule has 0 spiro atoms. The normalized spacial score (nSPS) is 12.7. The number of fused-ring (bicyclic) bond motifs is 1. The van der Waals surface area contributed by atoms with Gasteiger partial charge in [0.1, 0.15) is 29.6 Å². The fraction of sp³-hybridized carbons (Fsp3) is 0.129. The summed E-state index contributed by atoms with van der Waals surface area (Å²) in [6, 6.07) is 24.8. The Kier molecular flexibility index (Phi) is 6.87. The van der Waals surface area contributed by atoms with Crippen LogP contribution < -0.4 is 9.47 Å². The van der Waals surface area contributed by atoms with Gasteiger partial charge in [0.25, 0.3) is 0 Å². The summed E-state index contributed by atoms with van der Waals surface area (Å²) in [6.07, 6.45) is 0.505. The highest BCUT2D eigenvalue weighted by atomic mass is 17.2. The van der Waals surface area contributed by atoms with Crippen LogP contribution in [0.15, 0.2) is 84.9 Å². The minimum Gasteiger partial charge on any atom is -0.478 e. The van der Waals surface area contributed by atoms with Gasteiger partial charge in [0.2, 0.25) is 0 Å². The number of aldehydes is 1. The van der Waals surface area contributed by atoms with Crippen LogP contribution in [0, 0.1) is 0 Å². The maximum Gasteiger partial charge on any atom is 0.373 e. The second kappa shape index (κ2) is 10.4. The summed E-state index contributed by atoms with van der Waals surface area (Å²) < 4.78 is 11.8. The van der Waals surface area contributed by atoms with Crippen LogP contribution in [0.2, 0.25) is 0 Å². The maximum absolute atomic E-state index is 11.7. The van der Waals surface area contributed by atoms with Gasteiger partial charge >= 0.3 is 11.9 Å². The van der Waals surface area contributed by atoms with Crippen molar-refractivity contribution in [3.8, 4) is 23.0 Å². The van der Waals surface area contributed by atoms with Crippen molar-refractivity contribution in [3.05, 3.63) is 118 Å². The first kappa shape index (κ1) is 25.7. The molecule has 0 unspecified atom stereocenters. The second-order valence-corrected chi connectivity index (χ2v) is 9.50. The van der Waals surface area contributed by atoms with E-state index in [1.54, 1.807) is 24.3 Å².